The molecular weight excluding hydrogens is 310 g/mol. The molecule has 4 nitrogen and oxygen atoms in total. The third-order valence-corrected chi connectivity index (χ3v) is 4.83. The Morgan fingerprint density at radius 1 is 0.760 bits per heavy atom. The Balaban J connectivity index is 4.27. The zero-order valence-corrected chi connectivity index (χ0v) is 17.5. The molecule has 0 aliphatic carbocycles. The Labute approximate surface area is 157 Å². The summed E-state index contributed by atoms with van der Waals surface area (Å²) in [5.74, 6) is 0.443. The molecule has 0 aromatic rings. The molecule has 2 unspecified atom stereocenters. The van der Waals surface area contributed by atoms with E-state index in [4.69, 9.17) is 0 Å². The van der Waals surface area contributed by atoms with Crippen LogP contribution in [-0.4, -0.2) is 38.1 Å². The van der Waals surface area contributed by atoms with Crippen LogP contribution in [0.4, 0.5) is 0 Å². The van der Waals surface area contributed by atoms with Crippen LogP contribution in [-0.2, 0) is 4.79 Å². The minimum atomic E-state index is 0.181. The topological polar surface area (TPSA) is 53.2 Å². The van der Waals surface area contributed by atoms with Crippen molar-refractivity contribution in [3.05, 3.63) is 0 Å². The highest BCUT2D eigenvalue weighted by molar-refractivity contribution is 5.78. The second kappa shape index (κ2) is 18.2. The second-order valence-corrected chi connectivity index (χ2v) is 7.26. The molecule has 0 radical (unpaired) electrons. The maximum Gasteiger partial charge on any atom is 0.223 e. The standard InChI is InChI=1S/C21H45N3O/c1-5-9-13-19(8-4)21(25)24-20(18-23-16-11-7-3)14-12-17-22-15-10-6-2/h19-20,22-23H,5-18H2,1-4H3,(H,24,25). The van der Waals surface area contributed by atoms with Crippen molar-refractivity contribution in [2.24, 2.45) is 5.92 Å². The summed E-state index contributed by atoms with van der Waals surface area (Å²) in [4.78, 5) is 12.6. The Hall–Kier alpha value is -0.610. The lowest BCUT2D eigenvalue weighted by Crippen LogP contribution is -2.45. The van der Waals surface area contributed by atoms with Crippen molar-refractivity contribution in [2.75, 3.05) is 26.2 Å². The molecule has 4 heteroatoms. The smallest absolute Gasteiger partial charge is 0.223 e. The number of rotatable bonds is 18. The molecule has 0 aliphatic heterocycles. The molecule has 2 atom stereocenters. The SMILES string of the molecule is CCCCNCCCC(CNCCCC)NC(=O)C(CC)CCCC. The predicted octanol–water partition coefficient (Wildman–Crippen LogP) is 4.25. The zero-order chi connectivity index (χ0) is 18.8. The van der Waals surface area contributed by atoms with Crippen molar-refractivity contribution in [1.82, 2.24) is 16.0 Å². The molecule has 25 heavy (non-hydrogen) atoms. The quantitative estimate of drug-likeness (QED) is 0.322. The van der Waals surface area contributed by atoms with E-state index in [1.165, 1.54) is 25.7 Å². The number of hydrogen-bond donors (Lipinski definition) is 3. The predicted molar refractivity (Wildman–Crippen MR) is 110 cm³/mol. The van der Waals surface area contributed by atoms with Gasteiger partial charge in [0.15, 0.2) is 0 Å². The average molecular weight is 356 g/mol. The van der Waals surface area contributed by atoms with Gasteiger partial charge in [0.2, 0.25) is 5.91 Å². The summed E-state index contributed by atoms with van der Waals surface area (Å²) in [6, 6.07) is 0.257. The fourth-order valence-corrected chi connectivity index (χ4v) is 2.99. The number of hydrogen-bond acceptors (Lipinski definition) is 3. The first-order chi connectivity index (χ1) is 12.2. The van der Waals surface area contributed by atoms with Gasteiger partial charge in [-0.3, -0.25) is 4.79 Å². The molecular formula is C21H45N3O. The highest BCUT2D eigenvalue weighted by Crippen LogP contribution is 2.13. The molecule has 3 N–H and O–H groups in total. The lowest BCUT2D eigenvalue weighted by atomic mass is 9.97. The molecule has 0 aliphatic rings. The molecule has 0 saturated carbocycles. The highest BCUT2D eigenvalue weighted by atomic mass is 16.1. The third-order valence-electron chi connectivity index (χ3n) is 4.83. The minimum Gasteiger partial charge on any atom is -0.352 e. The van der Waals surface area contributed by atoms with Gasteiger partial charge < -0.3 is 16.0 Å². The lowest BCUT2D eigenvalue weighted by molar-refractivity contribution is -0.126. The maximum absolute atomic E-state index is 12.6. The van der Waals surface area contributed by atoms with E-state index in [0.717, 1.165) is 64.7 Å². The average Bonchev–Trinajstić information content (AvgIpc) is 2.62. The van der Waals surface area contributed by atoms with Crippen LogP contribution in [0.2, 0.25) is 0 Å². The van der Waals surface area contributed by atoms with E-state index in [1.54, 1.807) is 0 Å². The fourth-order valence-electron chi connectivity index (χ4n) is 2.99. The van der Waals surface area contributed by atoms with Gasteiger partial charge in [0.1, 0.15) is 0 Å². The summed E-state index contributed by atoms with van der Waals surface area (Å²) in [7, 11) is 0. The highest BCUT2D eigenvalue weighted by Gasteiger charge is 2.19. The second-order valence-electron chi connectivity index (χ2n) is 7.26. The lowest BCUT2D eigenvalue weighted by Gasteiger charge is -2.23. The monoisotopic (exact) mass is 355 g/mol. The van der Waals surface area contributed by atoms with Crippen LogP contribution in [0.1, 0.15) is 91.9 Å². The number of unbranched alkanes of at least 4 members (excludes halogenated alkanes) is 3. The molecule has 0 fully saturated rings. The van der Waals surface area contributed by atoms with E-state index < -0.39 is 0 Å². The van der Waals surface area contributed by atoms with Crippen LogP contribution in [0.5, 0.6) is 0 Å². The van der Waals surface area contributed by atoms with Crippen molar-refractivity contribution in [2.45, 2.75) is 97.9 Å². The van der Waals surface area contributed by atoms with Crippen molar-refractivity contribution < 1.29 is 4.79 Å². The van der Waals surface area contributed by atoms with Crippen molar-refractivity contribution >= 4 is 5.91 Å². The fraction of sp³-hybridized carbons (Fsp3) is 0.952. The van der Waals surface area contributed by atoms with Gasteiger partial charge in [0, 0.05) is 18.5 Å². The first-order valence-corrected chi connectivity index (χ1v) is 10.9. The van der Waals surface area contributed by atoms with E-state index >= 15 is 0 Å². The summed E-state index contributed by atoms with van der Waals surface area (Å²) < 4.78 is 0. The molecule has 0 saturated heterocycles. The van der Waals surface area contributed by atoms with Crippen LogP contribution >= 0.6 is 0 Å². The first-order valence-electron chi connectivity index (χ1n) is 10.9. The Kier molecular flexibility index (Phi) is 17.7. The van der Waals surface area contributed by atoms with E-state index in [1.807, 2.05) is 0 Å². The van der Waals surface area contributed by atoms with Crippen molar-refractivity contribution in [3.8, 4) is 0 Å². The number of amides is 1. The summed E-state index contributed by atoms with van der Waals surface area (Å²) >= 11 is 0. The van der Waals surface area contributed by atoms with Crippen LogP contribution in [0.25, 0.3) is 0 Å². The van der Waals surface area contributed by atoms with Crippen LogP contribution in [0, 0.1) is 5.92 Å². The minimum absolute atomic E-state index is 0.181. The van der Waals surface area contributed by atoms with E-state index in [-0.39, 0.29) is 17.9 Å². The molecule has 0 heterocycles. The van der Waals surface area contributed by atoms with E-state index in [9.17, 15) is 4.79 Å². The molecule has 0 spiro atoms. The Morgan fingerprint density at radius 2 is 1.36 bits per heavy atom. The summed E-state index contributed by atoms with van der Waals surface area (Å²) in [5, 5.41) is 10.3. The van der Waals surface area contributed by atoms with Gasteiger partial charge in [-0.1, -0.05) is 53.4 Å². The summed E-state index contributed by atoms with van der Waals surface area (Å²) in [5.41, 5.74) is 0. The van der Waals surface area contributed by atoms with Gasteiger partial charge in [-0.05, 0) is 58.2 Å². The third kappa shape index (κ3) is 14.3. The van der Waals surface area contributed by atoms with Gasteiger partial charge in [0.05, 0.1) is 0 Å². The van der Waals surface area contributed by atoms with E-state index in [0.29, 0.717) is 0 Å². The normalized spacial score (nSPS) is 13.6. The zero-order valence-electron chi connectivity index (χ0n) is 17.5. The summed E-state index contributed by atoms with van der Waals surface area (Å²) in [6.07, 6.45) is 11.3. The molecule has 1 amide bonds. The largest absolute Gasteiger partial charge is 0.352 e. The van der Waals surface area contributed by atoms with Crippen molar-refractivity contribution in [1.29, 1.82) is 0 Å². The van der Waals surface area contributed by atoms with E-state index in [2.05, 4.69) is 43.6 Å². The number of nitrogens with one attached hydrogen (secondary N) is 3. The maximum atomic E-state index is 12.6. The van der Waals surface area contributed by atoms with Gasteiger partial charge in [-0.15, -0.1) is 0 Å². The van der Waals surface area contributed by atoms with Crippen LogP contribution in [0.3, 0.4) is 0 Å². The molecule has 0 aromatic heterocycles. The van der Waals surface area contributed by atoms with Gasteiger partial charge in [-0.2, -0.15) is 0 Å². The van der Waals surface area contributed by atoms with Crippen LogP contribution in [0.15, 0.2) is 0 Å². The Morgan fingerprint density at radius 3 is 1.96 bits per heavy atom. The molecule has 0 rings (SSSR count). The van der Waals surface area contributed by atoms with Crippen LogP contribution < -0.4 is 16.0 Å². The van der Waals surface area contributed by atoms with Gasteiger partial charge in [-0.25, -0.2) is 0 Å². The van der Waals surface area contributed by atoms with Gasteiger partial charge >= 0.3 is 0 Å². The number of carbonyl (C=O) groups excluding carboxylic acids is 1. The summed E-state index contributed by atoms with van der Waals surface area (Å²) in [6.45, 7) is 12.9. The van der Waals surface area contributed by atoms with Crippen molar-refractivity contribution in [3.63, 3.8) is 0 Å². The van der Waals surface area contributed by atoms with Gasteiger partial charge in [0.25, 0.3) is 0 Å². The first kappa shape index (κ1) is 24.4. The molecule has 0 aromatic carbocycles. The molecule has 150 valence electrons. The Bertz CT molecular complexity index is 297. The molecule has 0 bridgehead atoms. The number of carbonyl (C=O) groups is 1.